The van der Waals surface area contributed by atoms with Crippen molar-refractivity contribution < 1.29 is 14.6 Å². The fourth-order valence-electron chi connectivity index (χ4n) is 3.99. The Kier molecular flexibility index (Phi) is 9.99. The molecule has 0 amide bonds. The largest absolute Gasteiger partial charge is 0.407 e. The van der Waals surface area contributed by atoms with E-state index < -0.39 is 20.5 Å². The first-order chi connectivity index (χ1) is 14.8. The van der Waals surface area contributed by atoms with Gasteiger partial charge in [0.1, 0.15) is 6.10 Å². The highest BCUT2D eigenvalue weighted by molar-refractivity contribution is 6.99. The standard InChI is InChI=1S/C27H38O3Si/c1-5-6-20-25(28)26(29)21-14-9-15-22-30-31(27(2,3)4,23-16-10-7-11-17-23)24-18-12-8-13-19-24/h7-8,10-13,16-19,25-26,28-29H,5-6,9,15,20,22H2,1-4H3. The Bertz CT molecular complexity index is 779. The molecule has 0 saturated carbocycles. The molecule has 0 heterocycles. The van der Waals surface area contributed by atoms with Crippen LogP contribution in [0.25, 0.3) is 0 Å². The average Bonchev–Trinajstić information content (AvgIpc) is 2.77. The Morgan fingerprint density at radius 1 is 0.903 bits per heavy atom. The molecule has 2 unspecified atom stereocenters. The molecule has 0 aliphatic carbocycles. The maximum absolute atomic E-state index is 9.99. The van der Waals surface area contributed by atoms with Crippen molar-refractivity contribution in [2.45, 2.75) is 77.0 Å². The van der Waals surface area contributed by atoms with Gasteiger partial charge in [-0.3, -0.25) is 0 Å². The summed E-state index contributed by atoms with van der Waals surface area (Å²) in [6, 6.07) is 21.2. The van der Waals surface area contributed by atoms with Crippen molar-refractivity contribution in [3.05, 3.63) is 60.7 Å². The summed E-state index contributed by atoms with van der Waals surface area (Å²) < 4.78 is 6.83. The monoisotopic (exact) mass is 438 g/mol. The number of rotatable bonds is 10. The Hall–Kier alpha value is -1.90. The molecule has 2 rings (SSSR count). The van der Waals surface area contributed by atoms with Crippen LogP contribution in [0.3, 0.4) is 0 Å². The zero-order chi connectivity index (χ0) is 22.7. The van der Waals surface area contributed by atoms with Crippen LogP contribution < -0.4 is 10.4 Å². The van der Waals surface area contributed by atoms with Gasteiger partial charge < -0.3 is 14.6 Å². The van der Waals surface area contributed by atoms with Crippen LogP contribution in [0.5, 0.6) is 0 Å². The van der Waals surface area contributed by atoms with E-state index in [-0.39, 0.29) is 5.04 Å². The molecule has 2 N–H and O–H groups in total. The summed E-state index contributed by atoms with van der Waals surface area (Å²) in [6.45, 7) is 9.49. The van der Waals surface area contributed by atoms with Crippen LogP contribution in [0.4, 0.5) is 0 Å². The Morgan fingerprint density at radius 2 is 1.45 bits per heavy atom. The molecule has 0 aliphatic rings. The van der Waals surface area contributed by atoms with Crippen LogP contribution in [0.15, 0.2) is 60.7 Å². The van der Waals surface area contributed by atoms with Crippen LogP contribution in [0.2, 0.25) is 5.04 Å². The molecule has 0 bridgehead atoms. The highest BCUT2D eigenvalue weighted by atomic mass is 28.4. The van der Waals surface area contributed by atoms with Gasteiger partial charge in [-0.05, 0) is 28.3 Å². The van der Waals surface area contributed by atoms with Crippen molar-refractivity contribution in [3.63, 3.8) is 0 Å². The van der Waals surface area contributed by atoms with E-state index in [9.17, 15) is 10.2 Å². The van der Waals surface area contributed by atoms with Gasteiger partial charge in [-0.2, -0.15) is 0 Å². The maximum atomic E-state index is 9.99. The van der Waals surface area contributed by atoms with Crippen molar-refractivity contribution in [1.82, 2.24) is 0 Å². The summed E-state index contributed by atoms with van der Waals surface area (Å²) in [4.78, 5) is 0. The zero-order valence-corrected chi connectivity index (χ0v) is 20.5. The first-order valence-electron chi connectivity index (χ1n) is 11.4. The van der Waals surface area contributed by atoms with Gasteiger partial charge in [0.25, 0.3) is 8.32 Å². The number of hydrogen-bond donors (Lipinski definition) is 2. The highest BCUT2D eigenvalue weighted by Crippen LogP contribution is 2.36. The highest BCUT2D eigenvalue weighted by Gasteiger charge is 2.49. The van der Waals surface area contributed by atoms with Gasteiger partial charge in [0.2, 0.25) is 0 Å². The molecular weight excluding hydrogens is 400 g/mol. The lowest BCUT2D eigenvalue weighted by Crippen LogP contribution is -2.66. The number of aliphatic hydroxyl groups is 2. The Balaban J connectivity index is 2.12. The second kappa shape index (κ2) is 12.2. The van der Waals surface area contributed by atoms with Crippen LogP contribution in [0, 0.1) is 11.8 Å². The van der Waals surface area contributed by atoms with Gasteiger partial charge in [-0.25, -0.2) is 0 Å². The number of hydrogen-bond acceptors (Lipinski definition) is 3. The second-order valence-electron chi connectivity index (χ2n) is 9.09. The smallest absolute Gasteiger partial charge is 0.261 e. The number of benzene rings is 2. The van der Waals surface area contributed by atoms with E-state index in [4.69, 9.17) is 4.43 Å². The van der Waals surface area contributed by atoms with E-state index in [1.807, 2.05) is 12.1 Å². The summed E-state index contributed by atoms with van der Waals surface area (Å²) in [5.41, 5.74) is 0. The van der Waals surface area contributed by atoms with Crippen molar-refractivity contribution in [3.8, 4) is 11.8 Å². The molecule has 3 nitrogen and oxygen atoms in total. The molecule has 0 saturated heterocycles. The van der Waals surface area contributed by atoms with Crippen LogP contribution >= 0.6 is 0 Å². The zero-order valence-electron chi connectivity index (χ0n) is 19.5. The molecule has 4 heteroatoms. The quantitative estimate of drug-likeness (QED) is 0.331. The minimum absolute atomic E-state index is 0.0407. The normalized spacial score (nSPS) is 13.9. The van der Waals surface area contributed by atoms with Gasteiger partial charge >= 0.3 is 0 Å². The predicted molar refractivity (Wildman–Crippen MR) is 132 cm³/mol. The third-order valence-electron chi connectivity index (χ3n) is 5.65. The molecule has 31 heavy (non-hydrogen) atoms. The maximum Gasteiger partial charge on any atom is 0.261 e. The van der Waals surface area contributed by atoms with E-state index in [0.717, 1.165) is 19.3 Å². The Labute approximate surface area is 189 Å². The summed E-state index contributed by atoms with van der Waals surface area (Å²) >= 11 is 0. The van der Waals surface area contributed by atoms with Gasteiger partial charge in [-0.1, -0.05) is 107 Å². The molecule has 0 aliphatic heterocycles. The topological polar surface area (TPSA) is 49.7 Å². The van der Waals surface area contributed by atoms with Crippen molar-refractivity contribution in [2.24, 2.45) is 0 Å². The average molecular weight is 439 g/mol. The molecule has 0 aromatic heterocycles. The van der Waals surface area contributed by atoms with Crippen molar-refractivity contribution in [2.75, 3.05) is 6.61 Å². The molecule has 2 aromatic rings. The van der Waals surface area contributed by atoms with Gasteiger partial charge in [-0.15, -0.1) is 5.92 Å². The summed E-state index contributed by atoms with van der Waals surface area (Å²) in [5.74, 6) is 5.82. The summed E-state index contributed by atoms with van der Waals surface area (Å²) in [5, 5.41) is 22.4. The van der Waals surface area contributed by atoms with Gasteiger partial charge in [0.15, 0.2) is 0 Å². The van der Waals surface area contributed by atoms with Crippen molar-refractivity contribution >= 4 is 18.7 Å². The summed E-state index contributed by atoms with van der Waals surface area (Å²) in [6.07, 6.45) is 2.17. The lowest BCUT2D eigenvalue weighted by atomic mass is 10.1. The Morgan fingerprint density at radius 3 is 1.94 bits per heavy atom. The molecule has 168 valence electrons. The molecule has 0 spiro atoms. The SMILES string of the molecule is CCCCC(O)C(O)C#CCCCO[Si](c1ccccc1)(c1ccccc1)C(C)(C)C. The first kappa shape index (κ1) is 25.4. The molecule has 2 aromatic carbocycles. The molecule has 0 radical (unpaired) electrons. The van der Waals surface area contributed by atoms with E-state index in [0.29, 0.717) is 19.4 Å². The molecular formula is C27H38O3Si. The first-order valence-corrected chi connectivity index (χ1v) is 13.3. The third kappa shape index (κ3) is 6.79. The second-order valence-corrected chi connectivity index (χ2v) is 13.4. The van der Waals surface area contributed by atoms with Crippen LogP contribution in [-0.4, -0.2) is 37.3 Å². The van der Waals surface area contributed by atoms with Gasteiger partial charge in [0, 0.05) is 13.0 Å². The number of aliphatic hydroxyl groups excluding tert-OH is 2. The lowest BCUT2D eigenvalue weighted by Gasteiger charge is -2.43. The van der Waals surface area contributed by atoms with E-state index in [1.54, 1.807) is 0 Å². The molecule has 0 fully saturated rings. The van der Waals surface area contributed by atoms with Crippen molar-refractivity contribution in [1.29, 1.82) is 0 Å². The number of unbranched alkanes of at least 4 members (excludes halogenated alkanes) is 2. The summed E-state index contributed by atoms with van der Waals surface area (Å²) in [7, 11) is -2.50. The van der Waals surface area contributed by atoms with Gasteiger partial charge in [0.05, 0.1) is 6.10 Å². The van der Waals surface area contributed by atoms with Crippen LogP contribution in [0.1, 0.15) is 59.8 Å². The fourth-order valence-corrected chi connectivity index (χ4v) is 8.60. The third-order valence-corrected chi connectivity index (χ3v) is 10.7. The minimum Gasteiger partial charge on any atom is -0.407 e. The van der Waals surface area contributed by atoms with E-state index in [2.05, 4.69) is 88.1 Å². The van der Waals surface area contributed by atoms with E-state index in [1.165, 1.54) is 10.4 Å². The molecule has 2 atom stereocenters. The fraction of sp³-hybridized carbons (Fsp3) is 0.481. The lowest BCUT2D eigenvalue weighted by molar-refractivity contribution is 0.0472. The van der Waals surface area contributed by atoms with Crippen LogP contribution in [-0.2, 0) is 4.43 Å². The van der Waals surface area contributed by atoms with E-state index >= 15 is 0 Å². The minimum atomic E-state index is -2.50. The predicted octanol–water partition coefficient (Wildman–Crippen LogP) is 4.26.